The minimum atomic E-state index is -0.905. The first-order chi connectivity index (χ1) is 19.7. The zero-order valence-corrected chi connectivity index (χ0v) is 23.3. The van der Waals surface area contributed by atoms with Crippen molar-refractivity contribution in [2.24, 2.45) is 0 Å². The Balaban J connectivity index is 1.42. The molecule has 3 heterocycles. The highest BCUT2D eigenvalue weighted by Crippen LogP contribution is 2.28. The van der Waals surface area contributed by atoms with Gasteiger partial charge in [-0.2, -0.15) is 0 Å². The lowest BCUT2D eigenvalue weighted by Crippen LogP contribution is -2.51. The molecular formula is C30H37FN4O6. The summed E-state index contributed by atoms with van der Waals surface area (Å²) in [6.45, 7) is 4.58. The molecule has 5 rings (SSSR count). The highest BCUT2D eigenvalue weighted by atomic mass is 19.1. The Bertz CT molecular complexity index is 1290. The Morgan fingerprint density at radius 2 is 1.98 bits per heavy atom. The molecule has 10 nitrogen and oxygen atoms in total. The van der Waals surface area contributed by atoms with Gasteiger partial charge in [-0.25, -0.2) is 9.18 Å². The van der Waals surface area contributed by atoms with E-state index < -0.39 is 42.0 Å². The predicted molar refractivity (Wildman–Crippen MR) is 149 cm³/mol. The Labute approximate surface area is 238 Å². The molecule has 220 valence electrons. The number of fused-ring (bicyclic) bond motifs is 5. The summed E-state index contributed by atoms with van der Waals surface area (Å²) < 4.78 is 26.0. The average Bonchev–Trinajstić information content (AvgIpc) is 3.36. The molecule has 0 aromatic heterocycles. The van der Waals surface area contributed by atoms with E-state index >= 15 is 0 Å². The molecule has 0 aliphatic carbocycles. The Morgan fingerprint density at radius 1 is 1.15 bits per heavy atom. The van der Waals surface area contributed by atoms with E-state index in [-0.39, 0.29) is 43.1 Å². The SMILES string of the molecule is CC(C)c1ccc2c(c1)OCC[C@@H]1CC[C@H](O)[C@@H](CNC(=O)[C@@H]3C[C@@H](CN3C(=O)Nc3cccc(F)c3)NC2=O)O1. The van der Waals surface area contributed by atoms with Gasteiger partial charge in [0.05, 0.1) is 24.4 Å². The fraction of sp³-hybridized carbons (Fsp3) is 0.500. The van der Waals surface area contributed by atoms with Crippen molar-refractivity contribution in [3.63, 3.8) is 0 Å². The van der Waals surface area contributed by atoms with Crippen LogP contribution >= 0.6 is 0 Å². The minimum Gasteiger partial charge on any atom is -0.493 e. The van der Waals surface area contributed by atoms with Gasteiger partial charge < -0.3 is 35.4 Å². The number of halogens is 1. The lowest BCUT2D eigenvalue weighted by atomic mass is 9.99. The van der Waals surface area contributed by atoms with Gasteiger partial charge in [-0.1, -0.05) is 26.0 Å². The Kier molecular flexibility index (Phi) is 8.74. The molecule has 2 fully saturated rings. The van der Waals surface area contributed by atoms with Crippen molar-refractivity contribution in [3.8, 4) is 5.75 Å². The second-order valence-electron chi connectivity index (χ2n) is 11.2. The number of anilines is 1. The van der Waals surface area contributed by atoms with Crippen LogP contribution in [0.25, 0.3) is 0 Å². The maximum absolute atomic E-state index is 13.7. The zero-order chi connectivity index (χ0) is 29.1. The number of carbonyl (C=O) groups is 3. The van der Waals surface area contributed by atoms with Crippen LogP contribution in [-0.2, 0) is 9.53 Å². The largest absolute Gasteiger partial charge is 0.493 e. The van der Waals surface area contributed by atoms with E-state index in [1.807, 2.05) is 12.1 Å². The number of carbonyl (C=O) groups excluding carboxylic acids is 3. The number of aliphatic hydroxyl groups excluding tert-OH is 1. The first-order valence-corrected chi connectivity index (χ1v) is 14.2. The van der Waals surface area contributed by atoms with Crippen LogP contribution in [0.15, 0.2) is 42.5 Å². The van der Waals surface area contributed by atoms with Crippen LogP contribution in [0.4, 0.5) is 14.9 Å². The van der Waals surface area contributed by atoms with E-state index in [4.69, 9.17) is 9.47 Å². The van der Waals surface area contributed by atoms with Gasteiger partial charge in [-0.3, -0.25) is 9.59 Å². The molecule has 4 N–H and O–H groups in total. The standard InChI is InChI=1S/C30H37FN4O6/c1-17(2)18-6-8-23-26(12-18)40-11-10-22-7-9-25(36)27(41-22)15-32-29(38)24-14-21(33-28(23)37)16-35(24)30(39)34-20-5-3-4-19(31)13-20/h3-6,8,12-13,17,21-22,24-25,27,36H,7,9-11,14-16H2,1-2H3,(H,32,38)(H,33,37)(H,34,39)/t21-,22-,24-,25-,27+/m0/s1. The summed E-state index contributed by atoms with van der Waals surface area (Å²) >= 11 is 0. The molecule has 3 aliphatic heterocycles. The number of nitrogens with zero attached hydrogens (tertiary/aromatic N) is 1. The summed E-state index contributed by atoms with van der Waals surface area (Å²) in [6.07, 6.45) is 0.389. The van der Waals surface area contributed by atoms with Gasteiger partial charge in [0.15, 0.2) is 0 Å². The van der Waals surface area contributed by atoms with Crippen molar-refractivity contribution in [3.05, 3.63) is 59.4 Å². The zero-order valence-electron chi connectivity index (χ0n) is 23.3. The lowest BCUT2D eigenvalue weighted by Gasteiger charge is -2.34. The third-order valence-corrected chi connectivity index (χ3v) is 7.95. The van der Waals surface area contributed by atoms with Crippen LogP contribution in [0, 0.1) is 5.82 Å². The van der Waals surface area contributed by atoms with E-state index in [2.05, 4.69) is 29.8 Å². The summed E-state index contributed by atoms with van der Waals surface area (Å²) in [5.41, 5.74) is 1.64. The van der Waals surface area contributed by atoms with E-state index in [1.165, 1.54) is 23.1 Å². The van der Waals surface area contributed by atoms with Gasteiger partial charge in [-0.15, -0.1) is 0 Å². The van der Waals surface area contributed by atoms with Crippen molar-refractivity contribution in [1.29, 1.82) is 0 Å². The number of ether oxygens (including phenoxy) is 2. The van der Waals surface area contributed by atoms with Gasteiger partial charge in [0.2, 0.25) is 5.91 Å². The van der Waals surface area contributed by atoms with E-state index in [0.717, 1.165) is 5.56 Å². The van der Waals surface area contributed by atoms with Crippen LogP contribution in [0.5, 0.6) is 5.75 Å². The monoisotopic (exact) mass is 568 g/mol. The number of likely N-dealkylation sites (tertiary alicyclic amines) is 1. The maximum Gasteiger partial charge on any atom is 0.322 e. The molecule has 0 radical (unpaired) electrons. The summed E-state index contributed by atoms with van der Waals surface area (Å²) in [6, 6.07) is 8.96. The molecular weight excluding hydrogens is 531 g/mol. The third kappa shape index (κ3) is 6.79. The molecule has 4 amide bonds. The number of rotatable bonds is 2. The van der Waals surface area contributed by atoms with Crippen molar-refractivity contribution in [1.82, 2.24) is 15.5 Å². The first kappa shape index (κ1) is 28.8. The van der Waals surface area contributed by atoms with Gasteiger partial charge in [-0.05, 0) is 61.1 Å². The van der Waals surface area contributed by atoms with Crippen LogP contribution in [0.2, 0.25) is 0 Å². The number of urea groups is 1. The normalized spacial score (nSPS) is 27.0. The Hall–Kier alpha value is -3.70. The smallest absolute Gasteiger partial charge is 0.322 e. The summed E-state index contributed by atoms with van der Waals surface area (Å²) in [7, 11) is 0. The van der Waals surface area contributed by atoms with Crippen molar-refractivity contribution in [2.45, 2.75) is 75.8 Å². The van der Waals surface area contributed by atoms with Crippen LogP contribution in [-0.4, -0.2) is 77.9 Å². The molecule has 2 saturated heterocycles. The number of aliphatic hydroxyl groups is 1. The predicted octanol–water partition coefficient (Wildman–Crippen LogP) is 3.16. The number of benzene rings is 2. The molecule has 3 aliphatic rings. The molecule has 41 heavy (non-hydrogen) atoms. The molecule has 0 spiro atoms. The molecule has 4 bridgehead atoms. The molecule has 0 saturated carbocycles. The van der Waals surface area contributed by atoms with Crippen LogP contribution in [0.1, 0.15) is 61.4 Å². The highest BCUT2D eigenvalue weighted by Gasteiger charge is 2.41. The van der Waals surface area contributed by atoms with Gasteiger partial charge >= 0.3 is 6.03 Å². The van der Waals surface area contributed by atoms with E-state index in [9.17, 15) is 23.9 Å². The molecule has 2 aromatic rings. The number of hydrogen-bond acceptors (Lipinski definition) is 6. The third-order valence-electron chi connectivity index (χ3n) is 7.95. The van der Waals surface area contributed by atoms with Gasteiger partial charge in [0.1, 0.15) is 23.7 Å². The summed E-state index contributed by atoms with van der Waals surface area (Å²) in [5, 5.41) is 19.0. The fourth-order valence-corrected chi connectivity index (χ4v) is 5.61. The molecule has 11 heteroatoms. The van der Waals surface area contributed by atoms with Crippen LogP contribution in [0.3, 0.4) is 0 Å². The number of amides is 4. The second-order valence-corrected chi connectivity index (χ2v) is 11.2. The van der Waals surface area contributed by atoms with Gasteiger partial charge in [0.25, 0.3) is 5.91 Å². The lowest BCUT2D eigenvalue weighted by molar-refractivity contribution is -0.133. The van der Waals surface area contributed by atoms with E-state index in [0.29, 0.717) is 37.2 Å². The molecule has 0 unspecified atom stereocenters. The van der Waals surface area contributed by atoms with Crippen LogP contribution < -0.4 is 20.7 Å². The second kappa shape index (κ2) is 12.4. The molecule has 2 aromatic carbocycles. The minimum absolute atomic E-state index is 0.0653. The highest BCUT2D eigenvalue weighted by molar-refractivity contribution is 5.98. The van der Waals surface area contributed by atoms with Crippen molar-refractivity contribution in [2.75, 3.05) is 25.0 Å². The van der Waals surface area contributed by atoms with Crippen molar-refractivity contribution >= 4 is 23.5 Å². The average molecular weight is 569 g/mol. The van der Waals surface area contributed by atoms with Crippen molar-refractivity contribution < 1.29 is 33.4 Å². The van der Waals surface area contributed by atoms with E-state index in [1.54, 1.807) is 12.1 Å². The summed E-state index contributed by atoms with van der Waals surface area (Å²) in [4.78, 5) is 41.4. The topological polar surface area (TPSA) is 129 Å². The number of nitrogens with one attached hydrogen (secondary N) is 3. The Morgan fingerprint density at radius 3 is 2.76 bits per heavy atom. The maximum atomic E-state index is 13.7. The van der Waals surface area contributed by atoms with Gasteiger partial charge in [0, 0.05) is 31.2 Å². The quantitative estimate of drug-likeness (QED) is 0.441. The fourth-order valence-electron chi connectivity index (χ4n) is 5.61. The summed E-state index contributed by atoms with van der Waals surface area (Å²) in [5.74, 6) is -0.605. The first-order valence-electron chi connectivity index (χ1n) is 14.2. The molecule has 5 atom stereocenters. The number of hydrogen-bond donors (Lipinski definition) is 4.